The molecule has 0 bridgehead atoms. The molecule has 0 aliphatic rings. The number of hydrogen-bond donors (Lipinski definition) is 2. The smallest absolute Gasteiger partial charge is 0.337 e. The van der Waals surface area contributed by atoms with E-state index in [2.05, 4.69) is 10.3 Å². The topological polar surface area (TPSA) is 133 Å². The second-order valence-corrected chi connectivity index (χ2v) is 7.42. The SMILES string of the molecule is COc1ccc(N(C(C)=O)c2nc(/C=C(\C#N)C(=O)Nc3ccccc3C(=O)O)cs2)cc1. The van der Waals surface area contributed by atoms with Crippen molar-refractivity contribution < 1.29 is 24.2 Å². The third kappa shape index (κ3) is 5.41. The van der Waals surface area contributed by atoms with Crippen LogP contribution in [-0.4, -0.2) is 35.0 Å². The first-order valence-electron chi connectivity index (χ1n) is 9.49. The minimum absolute atomic E-state index is 0.0670. The summed E-state index contributed by atoms with van der Waals surface area (Å²) in [5.74, 6) is -1.62. The van der Waals surface area contributed by atoms with E-state index in [-0.39, 0.29) is 22.7 Å². The summed E-state index contributed by atoms with van der Waals surface area (Å²) < 4.78 is 5.14. The van der Waals surface area contributed by atoms with Gasteiger partial charge in [-0.1, -0.05) is 12.1 Å². The van der Waals surface area contributed by atoms with Gasteiger partial charge in [0, 0.05) is 12.3 Å². The first-order valence-corrected chi connectivity index (χ1v) is 10.4. The lowest BCUT2D eigenvalue weighted by Gasteiger charge is -2.18. The Morgan fingerprint density at radius 1 is 1.18 bits per heavy atom. The molecule has 10 heteroatoms. The second kappa shape index (κ2) is 10.2. The van der Waals surface area contributed by atoms with Crippen LogP contribution in [0.3, 0.4) is 0 Å². The average molecular weight is 462 g/mol. The molecule has 3 aromatic rings. The summed E-state index contributed by atoms with van der Waals surface area (Å²) in [4.78, 5) is 41.9. The Morgan fingerprint density at radius 3 is 2.48 bits per heavy atom. The Bertz CT molecular complexity index is 1270. The van der Waals surface area contributed by atoms with Gasteiger partial charge in [0.25, 0.3) is 5.91 Å². The average Bonchev–Trinajstić information content (AvgIpc) is 3.25. The van der Waals surface area contributed by atoms with Gasteiger partial charge < -0.3 is 15.2 Å². The maximum Gasteiger partial charge on any atom is 0.337 e. The van der Waals surface area contributed by atoms with Gasteiger partial charge in [0.2, 0.25) is 5.91 Å². The maximum absolute atomic E-state index is 12.6. The number of hydrogen-bond acceptors (Lipinski definition) is 7. The molecule has 0 aliphatic carbocycles. The number of carbonyl (C=O) groups is 3. The molecular formula is C23H18N4O5S. The van der Waals surface area contributed by atoms with Crippen LogP contribution in [0.4, 0.5) is 16.5 Å². The van der Waals surface area contributed by atoms with Crippen LogP contribution in [0, 0.1) is 11.3 Å². The first kappa shape index (κ1) is 23.2. The van der Waals surface area contributed by atoms with E-state index in [4.69, 9.17) is 4.74 Å². The molecule has 1 aromatic heterocycles. The number of carbonyl (C=O) groups excluding carboxylic acids is 2. The number of amides is 2. The number of thiazole rings is 1. The maximum atomic E-state index is 12.6. The molecule has 2 aromatic carbocycles. The van der Waals surface area contributed by atoms with Crippen molar-refractivity contribution in [3.05, 3.63) is 70.7 Å². The number of rotatable bonds is 7. The number of methoxy groups -OCH3 is 1. The number of anilines is 3. The number of nitrogens with one attached hydrogen (secondary N) is 1. The van der Waals surface area contributed by atoms with E-state index in [0.29, 0.717) is 22.3 Å². The molecular weight excluding hydrogens is 444 g/mol. The number of aromatic nitrogens is 1. The van der Waals surface area contributed by atoms with Gasteiger partial charge in [-0.05, 0) is 42.5 Å². The zero-order chi connectivity index (χ0) is 24.0. The highest BCUT2D eigenvalue weighted by Gasteiger charge is 2.19. The minimum Gasteiger partial charge on any atom is -0.497 e. The highest BCUT2D eigenvalue weighted by Crippen LogP contribution is 2.30. The van der Waals surface area contributed by atoms with E-state index in [1.807, 2.05) is 0 Å². The predicted molar refractivity (Wildman–Crippen MR) is 124 cm³/mol. The Kier molecular flexibility index (Phi) is 7.17. The quantitative estimate of drug-likeness (QED) is 0.399. The van der Waals surface area contributed by atoms with Crippen LogP contribution in [0.1, 0.15) is 23.0 Å². The van der Waals surface area contributed by atoms with Crippen molar-refractivity contribution in [1.82, 2.24) is 4.98 Å². The highest BCUT2D eigenvalue weighted by molar-refractivity contribution is 7.14. The van der Waals surface area contributed by atoms with Gasteiger partial charge in [-0.15, -0.1) is 11.3 Å². The van der Waals surface area contributed by atoms with Gasteiger partial charge in [0.1, 0.15) is 17.4 Å². The lowest BCUT2D eigenvalue weighted by atomic mass is 10.1. The predicted octanol–water partition coefficient (Wildman–Crippen LogP) is 4.08. The van der Waals surface area contributed by atoms with Gasteiger partial charge in [0.05, 0.1) is 29.7 Å². The van der Waals surface area contributed by atoms with Crippen LogP contribution in [0.5, 0.6) is 5.75 Å². The van der Waals surface area contributed by atoms with Crippen LogP contribution >= 0.6 is 11.3 Å². The fourth-order valence-electron chi connectivity index (χ4n) is 2.87. The molecule has 0 aliphatic heterocycles. The summed E-state index contributed by atoms with van der Waals surface area (Å²) in [6, 6.07) is 14.5. The molecule has 0 atom stereocenters. The highest BCUT2D eigenvalue weighted by atomic mass is 32.1. The van der Waals surface area contributed by atoms with Crippen molar-refractivity contribution in [2.24, 2.45) is 0 Å². The number of carboxylic acid groups (broad SMARTS) is 1. The largest absolute Gasteiger partial charge is 0.497 e. The lowest BCUT2D eigenvalue weighted by Crippen LogP contribution is -2.22. The Balaban J connectivity index is 1.86. The van der Waals surface area contributed by atoms with E-state index in [1.165, 1.54) is 36.1 Å². The van der Waals surface area contributed by atoms with Crippen LogP contribution < -0.4 is 15.0 Å². The van der Waals surface area contributed by atoms with E-state index in [0.717, 1.165) is 11.3 Å². The van der Waals surface area contributed by atoms with Crippen molar-refractivity contribution >= 4 is 51.7 Å². The normalized spacial score (nSPS) is 10.8. The molecule has 2 amide bonds. The standard InChI is InChI=1S/C23H18N4O5S/c1-14(28)27(17-7-9-18(32-2)10-8-17)23-25-16(13-33-23)11-15(12-24)21(29)26-20-6-4-3-5-19(20)22(30)31/h3-11,13H,1-2H3,(H,26,29)(H,30,31)/b15-11+. The van der Waals surface area contributed by atoms with E-state index in [9.17, 15) is 24.8 Å². The monoisotopic (exact) mass is 462 g/mol. The van der Waals surface area contributed by atoms with Gasteiger partial charge in [-0.25, -0.2) is 9.78 Å². The van der Waals surface area contributed by atoms with E-state index < -0.39 is 11.9 Å². The van der Waals surface area contributed by atoms with Gasteiger partial charge >= 0.3 is 5.97 Å². The Morgan fingerprint density at radius 2 is 1.88 bits per heavy atom. The molecule has 0 saturated heterocycles. The number of nitriles is 1. The first-order chi connectivity index (χ1) is 15.8. The van der Waals surface area contributed by atoms with Crippen molar-refractivity contribution in [3.8, 4) is 11.8 Å². The van der Waals surface area contributed by atoms with Gasteiger partial charge in [-0.3, -0.25) is 14.5 Å². The molecule has 9 nitrogen and oxygen atoms in total. The Hall–Kier alpha value is -4.49. The summed E-state index contributed by atoms with van der Waals surface area (Å²) >= 11 is 1.16. The van der Waals surface area contributed by atoms with Crippen LogP contribution in [0.15, 0.2) is 59.5 Å². The van der Waals surface area contributed by atoms with Crippen molar-refractivity contribution in [2.45, 2.75) is 6.92 Å². The molecule has 2 N–H and O–H groups in total. The Labute approximate surface area is 193 Å². The molecule has 3 rings (SSSR count). The molecule has 1 heterocycles. The van der Waals surface area contributed by atoms with Gasteiger partial charge in [-0.2, -0.15) is 5.26 Å². The van der Waals surface area contributed by atoms with Crippen LogP contribution in [-0.2, 0) is 9.59 Å². The number of ether oxygens (including phenoxy) is 1. The second-order valence-electron chi connectivity index (χ2n) is 6.58. The zero-order valence-corrected chi connectivity index (χ0v) is 18.4. The van der Waals surface area contributed by atoms with Crippen molar-refractivity contribution in [3.63, 3.8) is 0 Å². The molecule has 166 valence electrons. The molecule has 0 saturated carbocycles. The molecule has 0 spiro atoms. The zero-order valence-electron chi connectivity index (χ0n) is 17.6. The number of para-hydroxylation sites is 1. The van der Waals surface area contributed by atoms with E-state index in [1.54, 1.807) is 48.9 Å². The molecule has 33 heavy (non-hydrogen) atoms. The summed E-state index contributed by atoms with van der Waals surface area (Å²) in [5, 5.41) is 23.1. The van der Waals surface area contributed by atoms with Crippen LogP contribution in [0.25, 0.3) is 6.08 Å². The summed E-state index contributed by atoms with van der Waals surface area (Å²) in [7, 11) is 1.54. The molecule has 0 unspecified atom stereocenters. The van der Waals surface area contributed by atoms with Crippen LogP contribution in [0.2, 0.25) is 0 Å². The fourth-order valence-corrected chi connectivity index (χ4v) is 3.71. The molecule has 0 radical (unpaired) electrons. The number of aromatic carboxylic acids is 1. The minimum atomic E-state index is -1.21. The summed E-state index contributed by atoms with van der Waals surface area (Å²) in [6.45, 7) is 1.40. The molecule has 0 fully saturated rings. The van der Waals surface area contributed by atoms with Crippen molar-refractivity contribution in [1.29, 1.82) is 5.26 Å². The number of carboxylic acids is 1. The number of benzene rings is 2. The fraction of sp³-hybridized carbons (Fsp3) is 0.0870. The van der Waals surface area contributed by atoms with E-state index >= 15 is 0 Å². The number of nitrogens with zero attached hydrogens (tertiary/aromatic N) is 3. The van der Waals surface area contributed by atoms with Gasteiger partial charge in [0.15, 0.2) is 5.13 Å². The third-order valence-corrected chi connectivity index (χ3v) is 5.25. The third-order valence-electron chi connectivity index (χ3n) is 4.41. The lowest BCUT2D eigenvalue weighted by molar-refractivity contribution is -0.116. The van der Waals surface area contributed by atoms with Crippen molar-refractivity contribution in [2.75, 3.05) is 17.3 Å². The summed E-state index contributed by atoms with van der Waals surface area (Å²) in [6.07, 6.45) is 1.27. The summed E-state index contributed by atoms with van der Waals surface area (Å²) in [5.41, 5.74) is 0.573.